The van der Waals surface area contributed by atoms with Crippen molar-refractivity contribution < 1.29 is 9.53 Å². The van der Waals surface area contributed by atoms with Gasteiger partial charge in [-0.15, -0.1) is 0 Å². The molecule has 1 aliphatic heterocycles. The molecule has 0 amide bonds. The first-order chi connectivity index (χ1) is 10.3. The van der Waals surface area contributed by atoms with Crippen molar-refractivity contribution in [1.82, 2.24) is 4.90 Å². The standard InChI is InChI=1S/C18H32N2O2/c1-5-22-15(21)14(19)18(20-10-6-7-11-20)12-13-8-9-17(18,4)16(13,2)3/h13-14H,5-12,19H2,1-4H3/t13-,14+,17-,18-/m0/s1. The third-order valence-corrected chi connectivity index (χ3v) is 7.67. The van der Waals surface area contributed by atoms with E-state index in [1.807, 2.05) is 6.92 Å². The van der Waals surface area contributed by atoms with Crippen LogP contribution in [-0.2, 0) is 9.53 Å². The number of nitrogens with zero attached hydrogens (tertiary/aromatic N) is 1. The van der Waals surface area contributed by atoms with Crippen LogP contribution in [0.1, 0.15) is 59.8 Å². The van der Waals surface area contributed by atoms with E-state index in [2.05, 4.69) is 25.7 Å². The normalized spacial score (nSPS) is 41.8. The Morgan fingerprint density at radius 2 is 1.95 bits per heavy atom. The molecule has 0 unspecified atom stereocenters. The average molecular weight is 308 g/mol. The van der Waals surface area contributed by atoms with Crippen molar-refractivity contribution in [2.24, 2.45) is 22.5 Å². The molecule has 3 fully saturated rings. The van der Waals surface area contributed by atoms with Gasteiger partial charge in [0, 0.05) is 0 Å². The van der Waals surface area contributed by atoms with E-state index in [1.54, 1.807) is 0 Å². The lowest BCUT2D eigenvalue weighted by atomic mass is 9.59. The van der Waals surface area contributed by atoms with Crippen LogP contribution in [0.25, 0.3) is 0 Å². The van der Waals surface area contributed by atoms with Crippen LogP contribution in [0, 0.1) is 16.7 Å². The molecule has 2 saturated carbocycles. The van der Waals surface area contributed by atoms with E-state index in [0.717, 1.165) is 19.5 Å². The van der Waals surface area contributed by atoms with E-state index in [1.165, 1.54) is 25.7 Å². The molecule has 4 atom stereocenters. The number of likely N-dealkylation sites (tertiary alicyclic amines) is 1. The first-order valence-electron chi connectivity index (χ1n) is 8.98. The molecule has 1 heterocycles. The maximum absolute atomic E-state index is 12.5. The molecule has 0 aromatic carbocycles. The van der Waals surface area contributed by atoms with Crippen LogP contribution in [0.5, 0.6) is 0 Å². The van der Waals surface area contributed by atoms with E-state index in [4.69, 9.17) is 10.5 Å². The van der Waals surface area contributed by atoms with E-state index >= 15 is 0 Å². The summed E-state index contributed by atoms with van der Waals surface area (Å²) in [4.78, 5) is 15.1. The smallest absolute Gasteiger partial charge is 0.324 e. The zero-order valence-electron chi connectivity index (χ0n) is 14.7. The predicted molar refractivity (Wildman–Crippen MR) is 87.4 cm³/mol. The number of hydrogen-bond acceptors (Lipinski definition) is 4. The van der Waals surface area contributed by atoms with Crippen molar-refractivity contribution in [1.29, 1.82) is 0 Å². The van der Waals surface area contributed by atoms with Crippen LogP contribution in [0.2, 0.25) is 0 Å². The second kappa shape index (κ2) is 5.20. The molecule has 2 aliphatic carbocycles. The monoisotopic (exact) mass is 308 g/mol. The van der Waals surface area contributed by atoms with Crippen molar-refractivity contribution in [2.75, 3.05) is 19.7 Å². The molecule has 0 aromatic heterocycles. The Balaban J connectivity index is 2.04. The van der Waals surface area contributed by atoms with E-state index in [0.29, 0.717) is 12.5 Å². The highest BCUT2D eigenvalue weighted by molar-refractivity contribution is 5.78. The summed E-state index contributed by atoms with van der Waals surface area (Å²) >= 11 is 0. The maximum atomic E-state index is 12.5. The van der Waals surface area contributed by atoms with E-state index in [-0.39, 0.29) is 22.3 Å². The summed E-state index contributed by atoms with van der Waals surface area (Å²) in [6.45, 7) is 11.6. The average Bonchev–Trinajstić information content (AvgIpc) is 3.11. The molecule has 3 rings (SSSR count). The third-order valence-electron chi connectivity index (χ3n) is 7.67. The summed E-state index contributed by atoms with van der Waals surface area (Å²) in [5.74, 6) is 0.456. The Bertz CT molecular complexity index is 458. The zero-order valence-corrected chi connectivity index (χ0v) is 14.7. The Hall–Kier alpha value is -0.610. The molecule has 1 saturated heterocycles. The van der Waals surface area contributed by atoms with Gasteiger partial charge in [-0.1, -0.05) is 20.8 Å². The fourth-order valence-corrected chi connectivity index (χ4v) is 6.02. The lowest BCUT2D eigenvalue weighted by Crippen LogP contribution is -2.69. The summed E-state index contributed by atoms with van der Waals surface area (Å²) in [6.07, 6.45) is 5.94. The molecule has 2 N–H and O–H groups in total. The quantitative estimate of drug-likeness (QED) is 0.811. The van der Waals surface area contributed by atoms with Gasteiger partial charge in [0.1, 0.15) is 6.04 Å². The Kier molecular flexibility index (Phi) is 3.84. The highest BCUT2D eigenvalue weighted by Gasteiger charge is 2.73. The first kappa shape index (κ1) is 16.3. The van der Waals surface area contributed by atoms with Crippen molar-refractivity contribution in [3.8, 4) is 0 Å². The molecule has 3 aliphatic rings. The number of fused-ring (bicyclic) bond motifs is 2. The summed E-state index contributed by atoms with van der Waals surface area (Å²) in [5.41, 5.74) is 6.70. The summed E-state index contributed by atoms with van der Waals surface area (Å²) in [7, 11) is 0. The molecule has 0 aromatic rings. The largest absolute Gasteiger partial charge is 0.465 e. The van der Waals surface area contributed by atoms with Gasteiger partial charge < -0.3 is 10.5 Å². The lowest BCUT2D eigenvalue weighted by Gasteiger charge is -2.55. The van der Waals surface area contributed by atoms with Gasteiger partial charge in [-0.3, -0.25) is 9.69 Å². The van der Waals surface area contributed by atoms with Gasteiger partial charge in [0.15, 0.2) is 0 Å². The second-order valence-electron chi connectivity index (χ2n) is 8.34. The van der Waals surface area contributed by atoms with Crippen LogP contribution in [-0.4, -0.2) is 42.1 Å². The highest BCUT2D eigenvalue weighted by atomic mass is 16.5. The van der Waals surface area contributed by atoms with E-state index in [9.17, 15) is 4.79 Å². The predicted octanol–water partition coefficient (Wildman–Crippen LogP) is 2.56. The minimum absolute atomic E-state index is 0.0845. The fourth-order valence-electron chi connectivity index (χ4n) is 6.02. The van der Waals surface area contributed by atoms with Gasteiger partial charge in [0.25, 0.3) is 0 Å². The second-order valence-corrected chi connectivity index (χ2v) is 8.34. The summed E-state index contributed by atoms with van der Waals surface area (Å²) in [6, 6.07) is -0.528. The molecule has 0 radical (unpaired) electrons. The Labute approximate surface area is 134 Å². The summed E-state index contributed by atoms with van der Waals surface area (Å²) in [5, 5.41) is 0. The van der Waals surface area contributed by atoms with Crippen LogP contribution >= 0.6 is 0 Å². The number of carbonyl (C=O) groups excluding carboxylic acids is 1. The molecule has 126 valence electrons. The van der Waals surface area contributed by atoms with Gasteiger partial charge in [0.2, 0.25) is 0 Å². The summed E-state index contributed by atoms with van der Waals surface area (Å²) < 4.78 is 5.33. The molecule has 4 heteroatoms. The molecule has 0 spiro atoms. The zero-order chi connectivity index (χ0) is 16.2. The van der Waals surface area contributed by atoms with Crippen molar-refractivity contribution >= 4 is 5.97 Å². The Morgan fingerprint density at radius 3 is 2.41 bits per heavy atom. The molecular weight excluding hydrogens is 276 g/mol. The van der Waals surface area contributed by atoms with Crippen molar-refractivity contribution in [3.05, 3.63) is 0 Å². The third kappa shape index (κ3) is 1.80. The molecule has 22 heavy (non-hydrogen) atoms. The van der Waals surface area contributed by atoms with Gasteiger partial charge in [-0.2, -0.15) is 0 Å². The van der Waals surface area contributed by atoms with Crippen LogP contribution in [0.15, 0.2) is 0 Å². The fraction of sp³-hybridized carbons (Fsp3) is 0.944. The van der Waals surface area contributed by atoms with Crippen LogP contribution in [0.4, 0.5) is 0 Å². The number of carbonyl (C=O) groups is 1. The Morgan fingerprint density at radius 1 is 1.32 bits per heavy atom. The van der Waals surface area contributed by atoms with Crippen LogP contribution < -0.4 is 5.73 Å². The highest BCUT2D eigenvalue weighted by Crippen LogP contribution is 2.72. The number of nitrogens with two attached hydrogens (primary N) is 1. The van der Waals surface area contributed by atoms with E-state index < -0.39 is 6.04 Å². The minimum atomic E-state index is -0.528. The van der Waals surface area contributed by atoms with Gasteiger partial charge >= 0.3 is 5.97 Å². The van der Waals surface area contributed by atoms with Gasteiger partial charge in [-0.25, -0.2) is 0 Å². The van der Waals surface area contributed by atoms with Gasteiger partial charge in [-0.05, 0) is 68.9 Å². The molecular formula is C18H32N2O2. The number of rotatable bonds is 4. The van der Waals surface area contributed by atoms with Crippen molar-refractivity contribution in [3.63, 3.8) is 0 Å². The maximum Gasteiger partial charge on any atom is 0.324 e. The van der Waals surface area contributed by atoms with Crippen LogP contribution in [0.3, 0.4) is 0 Å². The van der Waals surface area contributed by atoms with Crippen molar-refractivity contribution in [2.45, 2.75) is 71.4 Å². The minimum Gasteiger partial charge on any atom is -0.465 e. The first-order valence-corrected chi connectivity index (χ1v) is 8.98. The number of hydrogen-bond donors (Lipinski definition) is 1. The topological polar surface area (TPSA) is 55.6 Å². The lowest BCUT2D eigenvalue weighted by molar-refractivity contribution is -0.154. The number of esters is 1. The SMILES string of the molecule is CCOC(=O)[C@@H](N)[C@@]1(N2CCCC2)C[C@@H]2CC[C@@]1(C)C2(C)C. The molecule has 4 nitrogen and oxygen atoms in total. The molecule has 2 bridgehead atoms. The van der Waals surface area contributed by atoms with Gasteiger partial charge in [0.05, 0.1) is 12.1 Å². The number of ether oxygens (including phenoxy) is 1.